The largest absolute Gasteiger partial charge is 0.497 e. The summed E-state index contributed by atoms with van der Waals surface area (Å²) in [5.74, 6) is -1.99. The Kier molecular flexibility index (Phi) is 4.40. The molecular formula is C20H19NO4. The maximum absolute atomic E-state index is 12.9. The Morgan fingerprint density at radius 3 is 2.16 bits per heavy atom. The van der Waals surface area contributed by atoms with Gasteiger partial charge in [-0.15, -0.1) is 0 Å². The first-order chi connectivity index (χ1) is 11.9. The van der Waals surface area contributed by atoms with E-state index in [9.17, 15) is 14.4 Å². The van der Waals surface area contributed by atoms with Crippen LogP contribution in [0.25, 0.3) is 0 Å². The Bertz CT molecular complexity index is 824. The lowest BCUT2D eigenvalue weighted by atomic mass is 9.86. The van der Waals surface area contributed by atoms with Crippen LogP contribution in [-0.4, -0.2) is 36.5 Å². The summed E-state index contributed by atoms with van der Waals surface area (Å²) in [4.78, 5) is 39.0. The second-order valence-electron chi connectivity index (χ2n) is 6.21. The van der Waals surface area contributed by atoms with E-state index in [4.69, 9.17) is 4.74 Å². The number of methoxy groups -OCH3 is 1. The maximum Gasteiger partial charge on any atom is 0.291 e. The van der Waals surface area contributed by atoms with E-state index in [1.54, 1.807) is 50.6 Å². The third-order valence-electron chi connectivity index (χ3n) is 4.62. The molecule has 5 heteroatoms. The Hall–Kier alpha value is -2.95. The zero-order valence-corrected chi connectivity index (χ0v) is 14.4. The molecule has 2 aromatic rings. The quantitative estimate of drug-likeness (QED) is 0.489. The molecule has 0 aromatic heterocycles. The van der Waals surface area contributed by atoms with E-state index >= 15 is 0 Å². The fourth-order valence-corrected chi connectivity index (χ4v) is 3.18. The molecule has 2 unspecified atom stereocenters. The number of Topliss-reactive ketones (excluding diaryl/α,β-unsaturated/α-hetero) is 2. The molecule has 128 valence electrons. The van der Waals surface area contributed by atoms with Crippen molar-refractivity contribution in [3.63, 3.8) is 0 Å². The minimum atomic E-state index is -1.03. The molecular weight excluding hydrogens is 318 g/mol. The Morgan fingerprint density at radius 2 is 1.60 bits per heavy atom. The van der Waals surface area contributed by atoms with Crippen molar-refractivity contribution in [1.82, 2.24) is 4.90 Å². The molecule has 0 aliphatic carbocycles. The predicted octanol–water partition coefficient (Wildman–Crippen LogP) is 2.58. The molecule has 1 amide bonds. The number of benzene rings is 2. The number of likely N-dealkylation sites (N-methyl/N-ethyl adjacent to an activating group) is 1. The number of nitrogens with zero attached hydrogens (tertiary/aromatic N) is 1. The second-order valence-corrected chi connectivity index (χ2v) is 6.21. The standard InChI is InChI=1S/C20H19NO4/c1-12-4-6-14(7-5-12)18(22)16-17(21(2)20(24)19(16)23)13-8-10-15(25-3)11-9-13/h4-11,16-17H,1-3H3. The summed E-state index contributed by atoms with van der Waals surface area (Å²) < 4.78 is 5.14. The average molecular weight is 337 g/mol. The summed E-state index contributed by atoms with van der Waals surface area (Å²) >= 11 is 0. The van der Waals surface area contributed by atoms with Crippen LogP contribution < -0.4 is 4.74 Å². The highest BCUT2D eigenvalue weighted by atomic mass is 16.5. The van der Waals surface area contributed by atoms with Crippen molar-refractivity contribution in [3.05, 3.63) is 65.2 Å². The Balaban J connectivity index is 2.01. The number of aryl methyl sites for hydroxylation is 1. The highest BCUT2D eigenvalue weighted by molar-refractivity contribution is 6.43. The molecule has 1 aliphatic heterocycles. The van der Waals surface area contributed by atoms with Gasteiger partial charge in [-0.2, -0.15) is 0 Å². The minimum absolute atomic E-state index is 0.330. The van der Waals surface area contributed by atoms with Crippen LogP contribution in [0.5, 0.6) is 5.75 Å². The van der Waals surface area contributed by atoms with Crippen LogP contribution in [-0.2, 0) is 9.59 Å². The SMILES string of the molecule is COc1ccc(C2C(C(=O)c3ccc(C)cc3)C(=O)C(=O)N2C)cc1. The lowest BCUT2D eigenvalue weighted by molar-refractivity contribution is -0.140. The topological polar surface area (TPSA) is 63.7 Å². The van der Waals surface area contributed by atoms with Gasteiger partial charge < -0.3 is 9.64 Å². The van der Waals surface area contributed by atoms with Crippen molar-refractivity contribution in [2.75, 3.05) is 14.2 Å². The van der Waals surface area contributed by atoms with Gasteiger partial charge in [-0.1, -0.05) is 42.0 Å². The fourth-order valence-electron chi connectivity index (χ4n) is 3.18. The number of carbonyl (C=O) groups is 3. The summed E-state index contributed by atoms with van der Waals surface area (Å²) in [7, 11) is 3.12. The summed E-state index contributed by atoms with van der Waals surface area (Å²) in [6.07, 6.45) is 0. The number of hydrogen-bond donors (Lipinski definition) is 0. The van der Waals surface area contributed by atoms with E-state index in [1.807, 2.05) is 19.1 Å². The highest BCUT2D eigenvalue weighted by Gasteiger charge is 2.50. The molecule has 25 heavy (non-hydrogen) atoms. The fraction of sp³-hybridized carbons (Fsp3) is 0.250. The van der Waals surface area contributed by atoms with Gasteiger partial charge in [-0.3, -0.25) is 14.4 Å². The van der Waals surface area contributed by atoms with Gasteiger partial charge in [0.15, 0.2) is 5.78 Å². The molecule has 0 bridgehead atoms. The molecule has 1 fully saturated rings. The number of carbonyl (C=O) groups excluding carboxylic acids is 3. The van der Waals surface area contributed by atoms with Crippen LogP contribution in [0.3, 0.4) is 0 Å². The number of rotatable bonds is 4. The van der Waals surface area contributed by atoms with Gasteiger partial charge in [0.05, 0.1) is 13.2 Å². The first-order valence-electron chi connectivity index (χ1n) is 8.00. The van der Waals surface area contributed by atoms with E-state index in [1.165, 1.54) is 4.90 Å². The smallest absolute Gasteiger partial charge is 0.291 e. The Labute approximate surface area is 146 Å². The van der Waals surface area contributed by atoms with Crippen molar-refractivity contribution < 1.29 is 19.1 Å². The predicted molar refractivity (Wildman–Crippen MR) is 92.5 cm³/mol. The minimum Gasteiger partial charge on any atom is -0.497 e. The van der Waals surface area contributed by atoms with Gasteiger partial charge in [0.2, 0.25) is 5.78 Å². The monoisotopic (exact) mass is 337 g/mol. The summed E-state index contributed by atoms with van der Waals surface area (Å²) in [5, 5.41) is 0. The molecule has 0 spiro atoms. The van der Waals surface area contributed by atoms with Crippen molar-refractivity contribution in [2.24, 2.45) is 5.92 Å². The molecule has 3 rings (SSSR count). The first-order valence-corrected chi connectivity index (χ1v) is 8.00. The van der Waals surface area contributed by atoms with Crippen molar-refractivity contribution in [2.45, 2.75) is 13.0 Å². The number of hydrogen-bond acceptors (Lipinski definition) is 4. The molecule has 0 radical (unpaired) electrons. The van der Waals surface area contributed by atoms with Crippen LogP contribution in [0, 0.1) is 12.8 Å². The van der Waals surface area contributed by atoms with Gasteiger partial charge in [-0.05, 0) is 24.6 Å². The van der Waals surface area contributed by atoms with Gasteiger partial charge >= 0.3 is 0 Å². The van der Waals surface area contributed by atoms with Gasteiger partial charge in [-0.25, -0.2) is 0 Å². The van der Waals surface area contributed by atoms with Gasteiger partial charge in [0, 0.05) is 12.6 Å². The summed E-state index contributed by atoms with van der Waals surface area (Å²) in [6, 6.07) is 13.5. The van der Waals surface area contributed by atoms with Crippen molar-refractivity contribution >= 4 is 17.5 Å². The second kappa shape index (κ2) is 6.51. The highest BCUT2D eigenvalue weighted by Crippen LogP contribution is 2.37. The molecule has 0 N–H and O–H groups in total. The zero-order valence-electron chi connectivity index (χ0n) is 14.4. The van der Waals surface area contributed by atoms with Crippen molar-refractivity contribution in [3.8, 4) is 5.75 Å². The van der Waals surface area contributed by atoms with Crippen LogP contribution in [0.1, 0.15) is 27.5 Å². The third kappa shape index (κ3) is 2.93. The number of likely N-dealkylation sites (tertiary alicyclic amines) is 1. The van der Waals surface area contributed by atoms with E-state index in [0.29, 0.717) is 11.3 Å². The zero-order chi connectivity index (χ0) is 18.1. The number of ether oxygens (including phenoxy) is 1. The van der Waals surface area contributed by atoms with Gasteiger partial charge in [0.25, 0.3) is 5.91 Å². The number of ketones is 2. The van der Waals surface area contributed by atoms with Crippen LogP contribution in [0.2, 0.25) is 0 Å². The summed E-state index contributed by atoms with van der Waals surface area (Å²) in [5.41, 5.74) is 2.19. The molecule has 1 heterocycles. The van der Waals surface area contributed by atoms with E-state index < -0.39 is 23.7 Å². The van der Waals surface area contributed by atoms with Crippen molar-refractivity contribution in [1.29, 1.82) is 0 Å². The van der Waals surface area contributed by atoms with Crippen LogP contribution in [0.4, 0.5) is 0 Å². The molecule has 2 atom stereocenters. The lowest BCUT2D eigenvalue weighted by Gasteiger charge is -2.23. The van der Waals surface area contributed by atoms with E-state index in [0.717, 1.165) is 11.1 Å². The molecule has 0 saturated carbocycles. The molecule has 1 aliphatic rings. The van der Waals surface area contributed by atoms with Crippen LogP contribution >= 0.6 is 0 Å². The molecule has 2 aromatic carbocycles. The van der Waals surface area contributed by atoms with Crippen LogP contribution in [0.15, 0.2) is 48.5 Å². The maximum atomic E-state index is 12.9. The Morgan fingerprint density at radius 1 is 1.00 bits per heavy atom. The molecule has 1 saturated heterocycles. The third-order valence-corrected chi connectivity index (χ3v) is 4.62. The summed E-state index contributed by atoms with van der Waals surface area (Å²) in [6.45, 7) is 1.92. The average Bonchev–Trinajstić information content (AvgIpc) is 2.86. The van der Waals surface area contributed by atoms with Gasteiger partial charge in [0.1, 0.15) is 11.7 Å². The normalized spacial score (nSPS) is 20.0. The van der Waals surface area contributed by atoms with E-state index in [2.05, 4.69) is 0 Å². The van der Waals surface area contributed by atoms with E-state index in [-0.39, 0.29) is 5.78 Å². The molecule has 5 nitrogen and oxygen atoms in total. The number of amides is 1. The lowest BCUT2D eigenvalue weighted by Crippen LogP contribution is -2.27. The first kappa shape index (κ1) is 16.9.